The molecule has 3 aromatic heterocycles. The summed E-state index contributed by atoms with van der Waals surface area (Å²) in [6.07, 6.45) is 0. The lowest BCUT2D eigenvalue weighted by atomic mass is 9.97. The maximum Gasteiger partial charge on any atom is 0.162 e. The average Bonchev–Trinajstić information content (AvgIpc) is 3.83. The van der Waals surface area contributed by atoms with Gasteiger partial charge in [0, 0.05) is 49.4 Å². The van der Waals surface area contributed by atoms with E-state index in [1.54, 1.807) is 0 Å². The first kappa shape index (κ1) is 32.8. The molecule has 11 rings (SSSR count). The summed E-state index contributed by atoms with van der Waals surface area (Å²) in [5.74, 6) is 1.54. The molecule has 0 fully saturated rings. The van der Waals surface area contributed by atoms with Crippen LogP contribution >= 0.6 is 0 Å². The summed E-state index contributed by atoms with van der Waals surface area (Å²) in [6.45, 7) is 2.14. The summed E-state index contributed by atoms with van der Waals surface area (Å²) in [7, 11) is 0. The lowest BCUT2D eigenvalue weighted by Crippen LogP contribution is -2.07. The highest BCUT2D eigenvalue weighted by Gasteiger charge is 2.23. The van der Waals surface area contributed by atoms with Gasteiger partial charge in [-0.1, -0.05) is 170 Å². The zero-order valence-corrected chi connectivity index (χ0v) is 31.2. The summed E-state index contributed by atoms with van der Waals surface area (Å²) in [5.41, 5.74) is 14.6. The van der Waals surface area contributed by atoms with E-state index in [-0.39, 0.29) is 0 Å². The van der Waals surface area contributed by atoms with E-state index in [2.05, 4.69) is 181 Å². The van der Waals surface area contributed by atoms with Gasteiger partial charge in [-0.05, 0) is 53.4 Å². The molecule has 0 saturated carbocycles. The summed E-state index contributed by atoms with van der Waals surface area (Å²) in [5, 5.41) is 4.52. The molecule has 4 heteroatoms. The van der Waals surface area contributed by atoms with E-state index in [0.29, 0.717) is 5.82 Å². The third-order valence-electron chi connectivity index (χ3n) is 11.2. The van der Waals surface area contributed by atoms with E-state index < -0.39 is 0 Å². The molecule has 8 aromatic carbocycles. The van der Waals surface area contributed by atoms with E-state index in [1.165, 1.54) is 16.5 Å². The van der Waals surface area contributed by atoms with Crippen LogP contribution in [0.3, 0.4) is 0 Å². The van der Waals surface area contributed by atoms with Crippen molar-refractivity contribution in [1.82, 2.24) is 14.5 Å². The van der Waals surface area contributed by atoms with E-state index in [4.69, 9.17) is 14.4 Å². The van der Waals surface area contributed by atoms with Gasteiger partial charge in [-0.2, -0.15) is 0 Å². The van der Waals surface area contributed by atoms with E-state index in [0.717, 1.165) is 88.8 Å². The number of rotatable bonds is 6. The van der Waals surface area contributed by atoms with E-state index in [1.807, 2.05) is 24.3 Å². The van der Waals surface area contributed by atoms with Crippen LogP contribution in [0.4, 0.5) is 0 Å². The predicted octanol–water partition coefficient (Wildman–Crippen LogP) is 14.1. The molecule has 0 aliphatic carbocycles. The predicted molar refractivity (Wildman–Crippen MR) is 236 cm³/mol. The molecule has 0 bridgehead atoms. The van der Waals surface area contributed by atoms with Crippen molar-refractivity contribution in [3.63, 3.8) is 0 Å². The Morgan fingerprint density at radius 2 is 1.02 bits per heavy atom. The van der Waals surface area contributed by atoms with Crippen molar-refractivity contribution < 1.29 is 4.42 Å². The van der Waals surface area contributed by atoms with Crippen molar-refractivity contribution in [2.45, 2.75) is 6.92 Å². The van der Waals surface area contributed by atoms with Crippen molar-refractivity contribution in [3.05, 3.63) is 200 Å². The fourth-order valence-corrected chi connectivity index (χ4v) is 8.48. The van der Waals surface area contributed by atoms with Crippen LogP contribution in [-0.4, -0.2) is 14.5 Å². The zero-order valence-electron chi connectivity index (χ0n) is 31.2. The van der Waals surface area contributed by atoms with E-state index >= 15 is 0 Å². The van der Waals surface area contributed by atoms with Crippen LogP contribution in [0.2, 0.25) is 0 Å². The molecule has 3 heterocycles. The van der Waals surface area contributed by atoms with Crippen LogP contribution in [0, 0.1) is 6.92 Å². The summed E-state index contributed by atoms with van der Waals surface area (Å²) >= 11 is 0. The molecule has 0 aliphatic heterocycles. The summed E-state index contributed by atoms with van der Waals surface area (Å²) in [4.78, 5) is 10.6. The van der Waals surface area contributed by atoms with Crippen LogP contribution in [0.25, 0.3) is 106 Å². The second-order valence-corrected chi connectivity index (χ2v) is 14.6. The van der Waals surface area contributed by atoms with Crippen molar-refractivity contribution in [2.24, 2.45) is 0 Å². The second kappa shape index (κ2) is 13.3. The number of hydrogen-bond donors (Lipinski definition) is 0. The fraction of sp³-hybridized carbons (Fsp3) is 0.0189. The zero-order chi connectivity index (χ0) is 37.9. The summed E-state index contributed by atoms with van der Waals surface area (Å²) < 4.78 is 9.20. The fourth-order valence-electron chi connectivity index (χ4n) is 8.48. The SMILES string of the molecule is Cc1c(-c2ccccc2)nc(-c2ccccc2)nc1-n1c2ccccc2c2cccc(-c3ccc4c(c3)oc3c(-c5cccc(-c6ccccc6)c5)cccc34)c21. The highest BCUT2D eigenvalue weighted by Crippen LogP contribution is 2.42. The van der Waals surface area contributed by atoms with Gasteiger partial charge in [-0.25, -0.2) is 9.97 Å². The molecule has 0 aliphatic rings. The molecular formula is C53H35N3O. The summed E-state index contributed by atoms with van der Waals surface area (Å²) in [6, 6.07) is 68.2. The average molecular weight is 730 g/mol. The Hall–Kier alpha value is -7.56. The lowest BCUT2D eigenvalue weighted by Gasteiger charge is -2.17. The Kier molecular flexibility index (Phi) is 7.68. The number of nitrogens with zero attached hydrogens (tertiary/aromatic N) is 3. The number of furan rings is 1. The Bertz CT molecular complexity index is 3290. The molecule has 4 nitrogen and oxygen atoms in total. The van der Waals surface area contributed by atoms with Gasteiger partial charge < -0.3 is 4.42 Å². The highest BCUT2D eigenvalue weighted by molar-refractivity contribution is 6.15. The highest BCUT2D eigenvalue weighted by atomic mass is 16.3. The van der Waals surface area contributed by atoms with Gasteiger partial charge in [0.15, 0.2) is 5.82 Å². The molecule has 11 aromatic rings. The number of fused-ring (bicyclic) bond motifs is 6. The first-order chi connectivity index (χ1) is 28.2. The van der Waals surface area contributed by atoms with Crippen LogP contribution in [-0.2, 0) is 0 Å². The maximum atomic E-state index is 6.85. The maximum absolute atomic E-state index is 6.85. The Morgan fingerprint density at radius 3 is 1.81 bits per heavy atom. The minimum absolute atomic E-state index is 0.687. The smallest absolute Gasteiger partial charge is 0.162 e. The number of hydrogen-bond acceptors (Lipinski definition) is 3. The van der Waals surface area contributed by atoms with Crippen LogP contribution in [0.15, 0.2) is 199 Å². The van der Waals surface area contributed by atoms with Crippen molar-refractivity contribution >= 4 is 43.7 Å². The third-order valence-corrected chi connectivity index (χ3v) is 11.2. The molecule has 57 heavy (non-hydrogen) atoms. The van der Waals surface area contributed by atoms with Gasteiger partial charge in [0.05, 0.1) is 16.7 Å². The number of aromatic nitrogens is 3. The monoisotopic (exact) mass is 729 g/mol. The first-order valence-electron chi connectivity index (χ1n) is 19.3. The number of benzene rings is 8. The second-order valence-electron chi connectivity index (χ2n) is 14.6. The van der Waals surface area contributed by atoms with Gasteiger partial charge in [-0.15, -0.1) is 0 Å². The Balaban J connectivity index is 1.13. The van der Waals surface area contributed by atoms with Gasteiger partial charge in [0.2, 0.25) is 0 Å². The van der Waals surface area contributed by atoms with Gasteiger partial charge >= 0.3 is 0 Å². The molecule has 0 saturated heterocycles. The van der Waals surface area contributed by atoms with Gasteiger partial charge in [0.25, 0.3) is 0 Å². The van der Waals surface area contributed by atoms with Crippen molar-refractivity contribution in [2.75, 3.05) is 0 Å². The molecule has 0 unspecified atom stereocenters. The molecule has 0 spiro atoms. The lowest BCUT2D eigenvalue weighted by molar-refractivity contribution is 0.670. The molecule has 0 radical (unpaired) electrons. The first-order valence-corrected chi connectivity index (χ1v) is 19.3. The minimum atomic E-state index is 0.687. The molecule has 0 amide bonds. The topological polar surface area (TPSA) is 43.9 Å². The molecule has 268 valence electrons. The van der Waals surface area contributed by atoms with Gasteiger partial charge in [0.1, 0.15) is 17.0 Å². The van der Waals surface area contributed by atoms with E-state index in [9.17, 15) is 0 Å². The number of para-hydroxylation sites is 3. The van der Waals surface area contributed by atoms with Gasteiger partial charge in [-0.3, -0.25) is 4.57 Å². The van der Waals surface area contributed by atoms with Crippen molar-refractivity contribution in [1.29, 1.82) is 0 Å². The van der Waals surface area contributed by atoms with Crippen molar-refractivity contribution in [3.8, 4) is 61.8 Å². The Labute approximate surface area is 330 Å². The minimum Gasteiger partial charge on any atom is -0.455 e. The van der Waals surface area contributed by atoms with Crippen LogP contribution in [0.5, 0.6) is 0 Å². The molecule has 0 N–H and O–H groups in total. The van der Waals surface area contributed by atoms with Crippen LogP contribution < -0.4 is 0 Å². The Morgan fingerprint density at radius 1 is 0.421 bits per heavy atom. The van der Waals surface area contributed by atoms with Crippen LogP contribution in [0.1, 0.15) is 5.56 Å². The molecule has 0 atom stereocenters. The third kappa shape index (κ3) is 5.45. The standard InChI is InChI=1S/C53H35N3O/c1-34-49(36-18-7-3-8-19-36)54-52(37-20-9-4-10-21-37)55-53(34)56-47-29-12-11-24-43(47)45-27-14-25-41(50(45)56)40-30-31-44-46-28-15-26-42(51(46)57-48(44)33-40)39-23-13-22-38(32-39)35-16-5-2-6-17-35/h2-33H,1H3. The normalized spacial score (nSPS) is 11.6. The molecular weight excluding hydrogens is 695 g/mol. The quantitative estimate of drug-likeness (QED) is 0.171. The largest absolute Gasteiger partial charge is 0.455 e.